The second-order valence-corrected chi connectivity index (χ2v) is 8.72. The summed E-state index contributed by atoms with van der Waals surface area (Å²) in [6.45, 7) is 4.26. The Labute approximate surface area is 163 Å². The van der Waals surface area contributed by atoms with Gasteiger partial charge in [-0.1, -0.05) is 17.7 Å². The molecule has 7 heteroatoms. The van der Waals surface area contributed by atoms with Crippen LogP contribution in [-0.4, -0.2) is 60.2 Å². The maximum absolute atomic E-state index is 13.6. The van der Waals surface area contributed by atoms with Crippen LogP contribution in [0.15, 0.2) is 18.2 Å². The van der Waals surface area contributed by atoms with E-state index in [0.29, 0.717) is 13.1 Å². The van der Waals surface area contributed by atoms with Crippen LogP contribution in [0.4, 0.5) is 13.2 Å². The Morgan fingerprint density at radius 3 is 2.30 bits per heavy atom. The van der Waals surface area contributed by atoms with Crippen molar-refractivity contribution in [3.8, 4) is 0 Å². The van der Waals surface area contributed by atoms with Crippen molar-refractivity contribution in [2.75, 3.05) is 32.7 Å². The molecule has 0 N–H and O–H groups in total. The molecule has 3 aliphatic rings. The largest absolute Gasteiger partial charge is 0.370 e. The number of rotatable bonds is 4. The average Bonchev–Trinajstić information content (AvgIpc) is 2.60. The first-order valence-corrected chi connectivity index (χ1v) is 10.1. The predicted octanol–water partition coefficient (Wildman–Crippen LogP) is 4.33. The summed E-state index contributed by atoms with van der Waals surface area (Å²) in [6.07, 6.45) is 3.06. The summed E-state index contributed by atoms with van der Waals surface area (Å²) in [5.41, 5.74) is 0.897. The molecule has 1 aromatic carbocycles. The lowest BCUT2D eigenvalue weighted by atomic mass is 9.80. The summed E-state index contributed by atoms with van der Waals surface area (Å²) in [6, 6.07) is 4.98. The van der Waals surface area contributed by atoms with Gasteiger partial charge in [-0.2, -0.15) is 0 Å². The highest BCUT2D eigenvalue weighted by Crippen LogP contribution is 2.42. The van der Waals surface area contributed by atoms with E-state index in [0.717, 1.165) is 51.0 Å². The molecule has 1 atom stereocenters. The number of ether oxygens (including phenoxy) is 1. The molecule has 3 heterocycles. The Bertz CT molecular complexity index is 661. The Balaban J connectivity index is 1.19. The van der Waals surface area contributed by atoms with Crippen LogP contribution in [0.1, 0.15) is 37.7 Å². The predicted molar refractivity (Wildman–Crippen MR) is 98.8 cm³/mol. The summed E-state index contributed by atoms with van der Waals surface area (Å²) in [5, 5.41) is 0.155. The molecule has 3 fully saturated rings. The minimum Gasteiger partial charge on any atom is -0.370 e. The Hall–Kier alpha value is -0.820. The number of hydrogen-bond acceptors (Lipinski definition) is 3. The quantitative estimate of drug-likeness (QED) is 0.745. The lowest BCUT2D eigenvalue weighted by Gasteiger charge is -2.53. The van der Waals surface area contributed by atoms with Crippen molar-refractivity contribution in [3.05, 3.63) is 34.6 Å². The average molecular weight is 403 g/mol. The number of likely N-dealkylation sites (tertiary alicyclic amines) is 2. The summed E-state index contributed by atoms with van der Waals surface area (Å²) in [5.74, 6) is -2.86. The van der Waals surface area contributed by atoms with E-state index >= 15 is 0 Å². The third-order valence-electron chi connectivity index (χ3n) is 6.22. The molecule has 150 valence electrons. The molecule has 0 radical (unpaired) electrons. The van der Waals surface area contributed by atoms with Crippen LogP contribution in [0, 0.1) is 5.82 Å². The summed E-state index contributed by atoms with van der Waals surface area (Å²) >= 11 is 5.74. The maximum atomic E-state index is 13.6. The molecule has 27 heavy (non-hydrogen) atoms. The fraction of sp³-hybridized carbons (Fsp3) is 0.700. The van der Waals surface area contributed by atoms with Crippen molar-refractivity contribution in [2.24, 2.45) is 0 Å². The van der Waals surface area contributed by atoms with Crippen molar-refractivity contribution in [3.63, 3.8) is 0 Å². The van der Waals surface area contributed by atoms with Gasteiger partial charge in [-0.05, 0) is 30.5 Å². The normalized spacial score (nSPS) is 28.2. The summed E-state index contributed by atoms with van der Waals surface area (Å²) < 4.78 is 46.3. The van der Waals surface area contributed by atoms with Crippen LogP contribution >= 0.6 is 11.6 Å². The van der Waals surface area contributed by atoms with Gasteiger partial charge in [0.15, 0.2) is 0 Å². The third kappa shape index (κ3) is 4.61. The van der Waals surface area contributed by atoms with Crippen LogP contribution in [0.25, 0.3) is 0 Å². The van der Waals surface area contributed by atoms with Crippen molar-refractivity contribution in [2.45, 2.75) is 56.3 Å². The zero-order valence-electron chi connectivity index (χ0n) is 15.4. The van der Waals surface area contributed by atoms with E-state index in [2.05, 4.69) is 9.80 Å². The molecule has 3 nitrogen and oxygen atoms in total. The molecule has 0 aliphatic carbocycles. The zero-order chi connectivity index (χ0) is 19.1. The van der Waals surface area contributed by atoms with E-state index in [9.17, 15) is 13.2 Å². The SMILES string of the molecule is Fc1cc(CN2CCC3(CC2)C[C@H](CN2CCC(F)(F)CC2)O3)ccc1Cl. The monoisotopic (exact) mass is 402 g/mol. The molecule has 0 saturated carbocycles. The molecule has 0 aromatic heterocycles. The van der Waals surface area contributed by atoms with Gasteiger partial charge in [0.25, 0.3) is 5.92 Å². The molecule has 0 amide bonds. The van der Waals surface area contributed by atoms with Crippen LogP contribution < -0.4 is 0 Å². The molecular formula is C20H26ClF3N2O. The third-order valence-corrected chi connectivity index (χ3v) is 6.53. The smallest absolute Gasteiger partial charge is 0.250 e. The first-order chi connectivity index (χ1) is 12.8. The topological polar surface area (TPSA) is 15.7 Å². The van der Waals surface area contributed by atoms with Crippen molar-refractivity contribution in [1.82, 2.24) is 9.80 Å². The van der Waals surface area contributed by atoms with Gasteiger partial charge in [-0.25, -0.2) is 13.2 Å². The lowest BCUT2D eigenvalue weighted by Crippen LogP contribution is -2.59. The van der Waals surface area contributed by atoms with Crippen molar-refractivity contribution >= 4 is 11.6 Å². The van der Waals surface area contributed by atoms with E-state index in [-0.39, 0.29) is 35.4 Å². The first-order valence-electron chi connectivity index (χ1n) is 9.77. The second-order valence-electron chi connectivity index (χ2n) is 8.31. The van der Waals surface area contributed by atoms with E-state index in [4.69, 9.17) is 16.3 Å². The van der Waals surface area contributed by atoms with Gasteiger partial charge in [0.05, 0.1) is 16.7 Å². The minimum atomic E-state index is -2.49. The zero-order valence-corrected chi connectivity index (χ0v) is 16.2. The van der Waals surface area contributed by atoms with E-state index in [1.54, 1.807) is 6.07 Å². The number of benzene rings is 1. The van der Waals surface area contributed by atoms with E-state index in [1.165, 1.54) is 6.07 Å². The molecule has 0 unspecified atom stereocenters. The highest BCUT2D eigenvalue weighted by molar-refractivity contribution is 6.30. The molecule has 1 spiro atoms. The molecular weight excluding hydrogens is 377 g/mol. The molecule has 4 rings (SSSR count). The fourth-order valence-corrected chi connectivity index (χ4v) is 4.67. The fourth-order valence-electron chi connectivity index (χ4n) is 4.55. The highest BCUT2D eigenvalue weighted by Gasteiger charge is 2.48. The van der Waals surface area contributed by atoms with Gasteiger partial charge >= 0.3 is 0 Å². The highest BCUT2D eigenvalue weighted by atomic mass is 35.5. The van der Waals surface area contributed by atoms with Gasteiger partial charge in [-0.15, -0.1) is 0 Å². The van der Waals surface area contributed by atoms with E-state index in [1.807, 2.05) is 6.07 Å². The second kappa shape index (κ2) is 7.54. The maximum Gasteiger partial charge on any atom is 0.250 e. The Kier molecular flexibility index (Phi) is 5.45. The number of halogens is 4. The number of nitrogens with zero attached hydrogens (tertiary/aromatic N) is 2. The van der Waals surface area contributed by atoms with Crippen LogP contribution in [0.5, 0.6) is 0 Å². The van der Waals surface area contributed by atoms with Gasteiger partial charge in [0.1, 0.15) is 5.82 Å². The number of hydrogen-bond donors (Lipinski definition) is 0. The Morgan fingerprint density at radius 2 is 1.67 bits per heavy atom. The van der Waals surface area contributed by atoms with Gasteiger partial charge in [-0.3, -0.25) is 4.90 Å². The van der Waals surface area contributed by atoms with Gasteiger partial charge in [0.2, 0.25) is 0 Å². The molecule has 0 bridgehead atoms. The lowest BCUT2D eigenvalue weighted by molar-refractivity contribution is -0.232. The summed E-state index contributed by atoms with van der Waals surface area (Å²) in [4.78, 5) is 4.43. The molecule has 1 aromatic rings. The molecule has 3 saturated heterocycles. The standard InChI is InChI=1S/C20H26ClF3N2O/c21-17-2-1-15(11-18(17)22)13-25-7-3-19(4-8-25)12-16(27-19)14-26-9-5-20(23,24)6-10-26/h1-2,11,16H,3-10,12-14H2/t16-/m1/s1. The minimum absolute atomic E-state index is 0.0356. The Morgan fingerprint density at radius 1 is 1.04 bits per heavy atom. The van der Waals surface area contributed by atoms with Crippen molar-refractivity contribution in [1.29, 1.82) is 0 Å². The van der Waals surface area contributed by atoms with Gasteiger partial charge in [0, 0.05) is 58.5 Å². The first kappa shape index (κ1) is 19.5. The van der Waals surface area contributed by atoms with Crippen LogP contribution in [-0.2, 0) is 11.3 Å². The summed E-state index contributed by atoms with van der Waals surface area (Å²) in [7, 11) is 0. The van der Waals surface area contributed by atoms with E-state index < -0.39 is 5.92 Å². The number of piperidine rings is 2. The molecule has 3 aliphatic heterocycles. The number of alkyl halides is 2. The van der Waals surface area contributed by atoms with Gasteiger partial charge < -0.3 is 9.64 Å². The van der Waals surface area contributed by atoms with Crippen LogP contribution in [0.2, 0.25) is 5.02 Å². The van der Waals surface area contributed by atoms with Crippen LogP contribution in [0.3, 0.4) is 0 Å². The van der Waals surface area contributed by atoms with Crippen molar-refractivity contribution < 1.29 is 17.9 Å².